The molecular formula is C54H99NO5. The van der Waals surface area contributed by atoms with Crippen molar-refractivity contribution < 1.29 is 24.5 Å². The molecule has 3 atom stereocenters. The van der Waals surface area contributed by atoms with Crippen LogP contribution < -0.4 is 5.32 Å². The third-order valence-corrected chi connectivity index (χ3v) is 11.6. The number of amides is 1. The Labute approximate surface area is 372 Å². The van der Waals surface area contributed by atoms with Crippen LogP contribution in [0, 0.1) is 0 Å². The molecule has 1 amide bonds. The van der Waals surface area contributed by atoms with Crippen molar-refractivity contribution in [3.05, 3.63) is 48.6 Å². The number of aliphatic hydroxyl groups is 2. The quantitative estimate of drug-likeness (QED) is 0.0322. The molecule has 3 unspecified atom stereocenters. The fourth-order valence-electron chi connectivity index (χ4n) is 7.73. The minimum atomic E-state index is -0.795. The topological polar surface area (TPSA) is 95.9 Å². The van der Waals surface area contributed by atoms with Gasteiger partial charge in [0.2, 0.25) is 5.91 Å². The number of allylic oxidation sites excluding steroid dienone is 8. The first-order valence-corrected chi connectivity index (χ1v) is 25.9. The molecule has 0 saturated heterocycles. The number of nitrogens with one attached hydrogen (secondary N) is 1. The zero-order valence-electron chi connectivity index (χ0n) is 39.8. The average molecular weight is 842 g/mol. The van der Waals surface area contributed by atoms with Gasteiger partial charge in [0.1, 0.15) is 6.10 Å². The molecular weight excluding hydrogens is 743 g/mol. The van der Waals surface area contributed by atoms with E-state index < -0.39 is 18.2 Å². The molecule has 0 rings (SSSR count). The summed E-state index contributed by atoms with van der Waals surface area (Å²) in [6, 6.07) is -0.710. The van der Waals surface area contributed by atoms with Gasteiger partial charge in [-0.05, 0) is 83.5 Å². The maximum Gasteiger partial charge on any atom is 0.306 e. The van der Waals surface area contributed by atoms with Gasteiger partial charge in [0, 0.05) is 6.42 Å². The van der Waals surface area contributed by atoms with Crippen LogP contribution in [0.5, 0.6) is 0 Å². The highest BCUT2D eigenvalue weighted by atomic mass is 16.5. The molecule has 6 nitrogen and oxygen atoms in total. The van der Waals surface area contributed by atoms with Crippen LogP contribution in [-0.2, 0) is 14.3 Å². The van der Waals surface area contributed by atoms with Crippen LogP contribution in [0.25, 0.3) is 0 Å². The predicted octanol–water partition coefficient (Wildman–Crippen LogP) is 15.5. The Hall–Kier alpha value is -2.18. The molecule has 0 fully saturated rings. The minimum Gasteiger partial charge on any atom is -0.462 e. The Kier molecular flexibility index (Phi) is 46.1. The lowest BCUT2D eigenvalue weighted by molar-refractivity contribution is -0.151. The van der Waals surface area contributed by atoms with Gasteiger partial charge in [-0.25, -0.2) is 0 Å². The molecule has 0 aliphatic carbocycles. The molecule has 0 spiro atoms. The Morgan fingerprint density at radius 1 is 0.500 bits per heavy atom. The van der Waals surface area contributed by atoms with Crippen LogP contribution in [-0.4, -0.2) is 46.9 Å². The van der Waals surface area contributed by atoms with Crippen molar-refractivity contribution in [2.24, 2.45) is 0 Å². The summed E-state index contributed by atoms with van der Waals surface area (Å²) < 4.78 is 5.92. The molecule has 3 N–H and O–H groups in total. The number of rotatable bonds is 46. The second-order valence-electron chi connectivity index (χ2n) is 17.5. The standard InChI is InChI=1S/C54H99NO5/c1-4-7-10-13-16-19-22-25-28-30-33-36-39-42-45-50(60-54(59)47-44-41-38-35-32-29-26-23-20-17-14-11-8-5-2)48-53(58)55-51(49-56)52(57)46-43-40-37-34-31-27-24-21-18-15-12-9-6-3/h8,11,17,20,26,28-30,50-52,56-57H,4-7,9-10,12-16,18-19,21-25,27,31-49H2,1-3H3,(H,55,58)/b11-8+,20-17+,29-26+,30-28+. The van der Waals surface area contributed by atoms with Crippen LogP contribution in [0.4, 0.5) is 0 Å². The molecule has 0 aliphatic heterocycles. The molecule has 6 heteroatoms. The summed E-state index contributed by atoms with van der Waals surface area (Å²) in [6.45, 7) is 6.36. The SMILES string of the molecule is CC/C=C/C/C=C/C/C=C/CCCCCCC(=O)OC(CCCCC/C=C/CCCCCCCCC)CC(=O)NC(CO)C(O)CCCCCCCCCCCCCCC. The van der Waals surface area contributed by atoms with E-state index in [0.717, 1.165) is 103 Å². The zero-order chi connectivity index (χ0) is 43.8. The van der Waals surface area contributed by atoms with Gasteiger partial charge in [-0.3, -0.25) is 9.59 Å². The van der Waals surface area contributed by atoms with Gasteiger partial charge in [-0.1, -0.05) is 211 Å². The van der Waals surface area contributed by atoms with Crippen LogP contribution in [0.1, 0.15) is 258 Å². The largest absolute Gasteiger partial charge is 0.462 e. The lowest BCUT2D eigenvalue weighted by Crippen LogP contribution is -2.46. The molecule has 0 radical (unpaired) electrons. The number of ether oxygens (including phenoxy) is 1. The average Bonchev–Trinajstić information content (AvgIpc) is 3.24. The van der Waals surface area contributed by atoms with E-state index in [1.54, 1.807) is 0 Å². The minimum absolute atomic E-state index is 0.0585. The molecule has 0 bridgehead atoms. The Bertz CT molecular complexity index is 1040. The number of aliphatic hydroxyl groups excluding tert-OH is 2. The van der Waals surface area contributed by atoms with Gasteiger partial charge in [0.15, 0.2) is 0 Å². The van der Waals surface area contributed by atoms with Crippen molar-refractivity contribution in [3.8, 4) is 0 Å². The van der Waals surface area contributed by atoms with Crippen molar-refractivity contribution >= 4 is 11.9 Å². The summed E-state index contributed by atoms with van der Waals surface area (Å²) in [5.41, 5.74) is 0. The summed E-state index contributed by atoms with van der Waals surface area (Å²) in [5.74, 6) is -0.510. The highest BCUT2D eigenvalue weighted by Crippen LogP contribution is 2.17. The molecule has 60 heavy (non-hydrogen) atoms. The van der Waals surface area contributed by atoms with Gasteiger partial charge in [0.25, 0.3) is 0 Å². The van der Waals surface area contributed by atoms with Crippen molar-refractivity contribution in [1.82, 2.24) is 5.32 Å². The lowest BCUT2D eigenvalue weighted by atomic mass is 10.0. The molecule has 0 heterocycles. The van der Waals surface area contributed by atoms with E-state index in [1.807, 2.05) is 0 Å². The smallest absolute Gasteiger partial charge is 0.306 e. The summed E-state index contributed by atoms with van der Waals surface area (Å²) in [5, 5.41) is 23.8. The van der Waals surface area contributed by atoms with Crippen molar-refractivity contribution in [3.63, 3.8) is 0 Å². The molecule has 0 aromatic carbocycles. The van der Waals surface area contributed by atoms with Crippen LogP contribution in [0.3, 0.4) is 0 Å². The molecule has 0 aliphatic rings. The van der Waals surface area contributed by atoms with Gasteiger partial charge >= 0.3 is 5.97 Å². The maximum absolute atomic E-state index is 13.2. The molecule has 0 saturated carbocycles. The van der Waals surface area contributed by atoms with Gasteiger partial charge in [-0.2, -0.15) is 0 Å². The Morgan fingerprint density at radius 3 is 1.40 bits per heavy atom. The fourth-order valence-corrected chi connectivity index (χ4v) is 7.73. The first-order chi connectivity index (χ1) is 29.5. The van der Waals surface area contributed by atoms with E-state index >= 15 is 0 Å². The van der Waals surface area contributed by atoms with Crippen LogP contribution >= 0.6 is 0 Å². The summed E-state index contributed by atoms with van der Waals surface area (Å²) >= 11 is 0. The van der Waals surface area contributed by atoms with Crippen LogP contribution in [0.2, 0.25) is 0 Å². The predicted molar refractivity (Wildman–Crippen MR) is 259 cm³/mol. The summed E-state index contributed by atoms with van der Waals surface area (Å²) in [4.78, 5) is 26.1. The van der Waals surface area contributed by atoms with E-state index in [0.29, 0.717) is 19.3 Å². The van der Waals surface area contributed by atoms with Crippen LogP contribution in [0.15, 0.2) is 48.6 Å². The number of esters is 1. The maximum atomic E-state index is 13.2. The van der Waals surface area contributed by atoms with Gasteiger partial charge < -0.3 is 20.3 Å². The molecule has 350 valence electrons. The number of carbonyl (C=O) groups excluding carboxylic acids is 2. The van der Waals surface area contributed by atoms with E-state index in [1.165, 1.54) is 109 Å². The zero-order valence-corrected chi connectivity index (χ0v) is 39.8. The summed E-state index contributed by atoms with van der Waals surface area (Å²) in [7, 11) is 0. The second-order valence-corrected chi connectivity index (χ2v) is 17.5. The number of carbonyl (C=O) groups is 2. The van der Waals surface area contributed by atoms with E-state index in [4.69, 9.17) is 4.74 Å². The fraction of sp³-hybridized carbons (Fsp3) is 0.815. The lowest BCUT2D eigenvalue weighted by Gasteiger charge is -2.24. The normalized spacial score (nSPS) is 13.6. The number of hydrogen-bond donors (Lipinski definition) is 3. The highest BCUT2D eigenvalue weighted by Gasteiger charge is 2.24. The Balaban J connectivity index is 4.63. The van der Waals surface area contributed by atoms with Gasteiger partial charge in [0.05, 0.1) is 25.2 Å². The van der Waals surface area contributed by atoms with E-state index in [2.05, 4.69) is 74.7 Å². The third kappa shape index (κ3) is 42.5. The molecule has 0 aromatic rings. The summed E-state index contributed by atoms with van der Waals surface area (Å²) in [6.07, 6.45) is 57.4. The second kappa shape index (κ2) is 47.9. The Morgan fingerprint density at radius 2 is 0.900 bits per heavy atom. The van der Waals surface area contributed by atoms with Crippen molar-refractivity contribution in [2.45, 2.75) is 277 Å². The third-order valence-electron chi connectivity index (χ3n) is 11.6. The van der Waals surface area contributed by atoms with E-state index in [9.17, 15) is 19.8 Å². The monoisotopic (exact) mass is 842 g/mol. The first kappa shape index (κ1) is 57.8. The first-order valence-electron chi connectivity index (χ1n) is 25.9. The van der Waals surface area contributed by atoms with Gasteiger partial charge in [-0.15, -0.1) is 0 Å². The molecule has 0 aromatic heterocycles. The number of unbranched alkanes of at least 4 members (excludes halogenated alkanes) is 26. The van der Waals surface area contributed by atoms with Crippen molar-refractivity contribution in [1.29, 1.82) is 0 Å². The number of hydrogen-bond acceptors (Lipinski definition) is 5. The van der Waals surface area contributed by atoms with Crippen molar-refractivity contribution in [2.75, 3.05) is 6.61 Å². The van der Waals surface area contributed by atoms with E-state index in [-0.39, 0.29) is 24.9 Å². The highest BCUT2D eigenvalue weighted by molar-refractivity contribution is 5.77.